The maximum atomic E-state index is 6.51. The summed E-state index contributed by atoms with van der Waals surface area (Å²) in [5.41, 5.74) is 1.37. The molecule has 162 valence electrons. The van der Waals surface area contributed by atoms with E-state index >= 15 is 0 Å². The molecule has 4 aliphatic rings. The molecule has 1 spiro atoms. The minimum absolute atomic E-state index is 0.0836. The van der Waals surface area contributed by atoms with E-state index in [0.29, 0.717) is 12.1 Å². The Hall–Kier alpha value is -0.950. The van der Waals surface area contributed by atoms with Crippen molar-refractivity contribution in [2.45, 2.75) is 82.5 Å². The first-order chi connectivity index (χ1) is 14.2. The highest BCUT2D eigenvalue weighted by molar-refractivity contribution is 5.09. The van der Waals surface area contributed by atoms with Crippen molar-refractivity contribution in [3.63, 3.8) is 0 Å². The molecule has 1 aromatic rings. The van der Waals surface area contributed by atoms with Crippen LogP contribution in [-0.2, 0) is 22.4 Å². The van der Waals surface area contributed by atoms with Crippen LogP contribution in [0.25, 0.3) is 0 Å². The molecular weight excluding hydrogens is 364 g/mol. The van der Waals surface area contributed by atoms with Gasteiger partial charge in [-0.2, -0.15) is 0 Å². The maximum absolute atomic E-state index is 6.51. The molecule has 4 saturated heterocycles. The van der Waals surface area contributed by atoms with Crippen LogP contribution in [0.1, 0.15) is 63.4 Å². The fourth-order valence-corrected chi connectivity index (χ4v) is 6.23. The van der Waals surface area contributed by atoms with Crippen LogP contribution in [0.5, 0.6) is 0 Å². The first-order valence-corrected chi connectivity index (χ1v) is 12.0. The van der Waals surface area contributed by atoms with E-state index in [2.05, 4.69) is 32.9 Å². The van der Waals surface area contributed by atoms with Gasteiger partial charge in [0.05, 0.1) is 18.8 Å². The van der Waals surface area contributed by atoms with Gasteiger partial charge in [-0.05, 0) is 44.4 Å². The van der Waals surface area contributed by atoms with Crippen LogP contribution >= 0.6 is 0 Å². The zero-order valence-corrected chi connectivity index (χ0v) is 18.1. The molecule has 29 heavy (non-hydrogen) atoms. The van der Waals surface area contributed by atoms with Crippen LogP contribution in [0, 0.1) is 5.92 Å². The summed E-state index contributed by atoms with van der Waals surface area (Å²) < 4.78 is 12.1. The number of morpholine rings is 1. The van der Waals surface area contributed by atoms with E-state index in [9.17, 15) is 0 Å². The molecule has 2 unspecified atom stereocenters. The number of unbranched alkanes of at least 4 members (excludes halogenated alkanes) is 1. The molecule has 0 aromatic carbocycles. The number of nitrogens with zero attached hydrogens (tertiary/aromatic N) is 3. The molecule has 0 aliphatic carbocycles. The Morgan fingerprint density at radius 2 is 2.07 bits per heavy atom. The van der Waals surface area contributed by atoms with Crippen molar-refractivity contribution in [2.24, 2.45) is 5.92 Å². The monoisotopic (exact) mass is 402 g/mol. The Morgan fingerprint density at radius 3 is 2.83 bits per heavy atom. The molecule has 1 N–H and O–H groups in total. The number of hydrogen-bond acceptors (Lipinski definition) is 5. The van der Waals surface area contributed by atoms with Gasteiger partial charge in [0, 0.05) is 63.2 Å². The average molecular weight is 403 g/mol. The van der Waals surface area contributed by atoms with Crippen molar-refractivity contribution >= 4 is 0 Å². The van der Waals surface area contributed by atoms with E-state index in [-0.39, 0.29) is 5.60 Å². The second kappa shape index (κ2) is 8.66. The van der Waals surface area contributed by atoms with Crippen LogP contribution in [0.15, 0.2) is 6.20 Å². The third-order valence-electron chi connectivity index (χ3n) is 7.66. The van der Waals surface area contributed by atoms with E-state index in [1.54, 1.807) is 0 Å². The van der Waals surface area contributed by atoms with Crippen molar-refractivity contribution in [3.05, 3.63) is 17.7 Å². The molecule has 2 bridgehead atoms. The van der Waals surface area contributed by atoms with Gasteiger partial charge in [-0.25, -0.2) is 4.98 Å². The number of hydrogen-bond donors (Lipinski definition) is 1. The third kappa shape index (κ3) is 4.41. The number of aryl methyl sites for hydroxylation is 1. The standard InChI is InChI=1S/C23H38N4O2/c1-2-3-4-22-24-13-19(25-22)15-27-20-5-6-21(27)12-23(11-20)17-26(8-10-29-23)14-18-7-9-28-16-18/h13,18,20-21H,2-12,14-17H2,1H3,(H,24,25)/t18?,20-,21+,23?. The van der Waals surface area contributed by atoms with Crippen LogP contribution in [0.2, 0.25) is 0 Å². The Labute approximate surface area is 175 Å². The lowest BCUT2D eigenvalue weighted by Gasteiger charge is -2.50. The number of fused-ring (bicyclic) bond motifs is 2. The number of nitrogens with one attached hydrogen (secondary N) is 1. The minimum atomic E-state index is 0.0836. The summed E-state index contributed by atoms with van der Waals surface area (Å²) in [7, 11) is 0. The predicted molar refractivity (Wildman–Crippen MR) is 113 cm³/mol. The lowest BCUT2D eigenvalue weighted by atomic mass is 9.84. The first kappa shape index (κ1) is 20.0. The molecule has 0 radical (unpaired) electrons. The summed E-state index contributed by atoms with van der Waals surface area (Å²) in [4.78, 5) is 13.6. The van der Waals surface area contributed by atoms with Crippen molar-refractivity contribution in [1.82, 2.24) is 19.8 Å². The zero-order valence-electron chi connectivity index (χ0n) is 18.1. The number of aromatic nitrogens is 2. The third-order valence-corrected chi connectivity index (χ3v) is 7.66. The maximum Gasteiger partial charge on any atom is 0.106 e. The Balaban J connectivity index is 1.19. The van der Waals surface area contributed by atoms with Gasteiger partial charge in [0.25, 0.3) is 0 Å². The molecule has 0 saturated carbocycles. The molecular formula is C23H38N4O2. The molecule has 5 heterocycles. The summed E-state index contributed by atoms with van der Waals surface area (Å²) >= 11 is 0. The lowest BCUT2D eigenvalue weighted by Crippen LogP contribution is -2.60. The van der Waals surface area contributed by atoms with Gasteiger partial charge >= 0.3 is 0 Å². The minimum Gasteiger partial charge on any atom is -0.381 e. The molecule has 0 amide bonds. The number of rotatable bonds is 7. The van der Waals surface area contributed by atoms with Gasteiger partial charge in [0.15, 0.2) is 0 Å². The van der Waals surface area contributed by atoms with Gasteiger partial charge in [-0.15, -0.1) is 0 Å². The van der Waals surface area contributed by atoms with Crippen LogP contribution in [0.4, 0.5) is 0 Å². The van der Waals surface area contributed by atoms with Gasteiger partial charge in [0.1, 0.15) is 5.82 Å². The quantitative estimate of drug-likeness (QED) is 0.760. The van der Waals surface area contributed by atoms with Crippen molar-refractivity contribution in [1.29, 1.82) is 0 Å². The smallest absolute Gasteiger partial charge is 0.106 e. The van der Waals surface area contributed by atoms with E-state index in [0.717, 1.165) is 57.6 Å². The van der Waals surface area contributed by atoms with Crippen molar-refractivity contribution in [2.75, 3.05) is 39.5 Å². The van der Waals surface area contributed by atoms with Crippen molar-refractivity contribution < 1.29 is 9.47 Å². The molecule has 6 nitrogen and oxygen atoms in total. The summed E-state index contributed by atoms with van der Waals surface area (Å²) in [6, 6.07) is 1.32. The number of H-pyrrole nitrogens is 1. The Kier molecular flexibility index (Phi) is 5.96. The number of imidazole rings is 1. The SMILES string of the molecule is CCCCc1ncc(CN2[C@@H]3CC[C@H]2CC2(C3)CN(CC3CCOC3)CCO2)[nH]1. The number of ether oxygens (including phenoxy) is 2. The normalized spacial score (nSPS) is 35.7. The van der Waals surface area contributed by atoms with E-state index < -0.39 is 0 Å². The molecule has 4 fully saturated rings. The lowest BCUT2D eigenvalue weighted by molar-refractivity contribution is -0.152. The topological polar surface area (TPSA) is 53.6 Å². The number of piperidine rings is 1. The highest BCUT2D eigenvalue weighted by Gasteiger charge is 2.50. The molecule has 4 atom stereocenters. The van der Waals surface area contributed by atoms with E-state index in [1.807, 2.05) is 0 Å². The fourth-order valence-electron chi connectivity index (χ4n) is 6.23. The van der Waals surface area contributed by atoms with Gasteiger partial charge in [-0.3, -0.25) is 9.80 Å². The number of aromatic amines is 1. The highest BCUT2D eigenvalue weighted by atomic mass is 16.5. The summed E-state index contributed by atoms with van der Waals surface area (Å²) in [5.74, 6) is 1.88. The van der Waals surface area contributed by atoms with Crippen LogP contribution in [0.3, 0.4) is 0 Å². The predicted octanol–water partition coefficient (Wildman–Crippen LogP) is 2.99. The van der Waals surface area contributed by atoms with Crippen LogP contribution in [-0.4, -0.2) is 76.9 Å². The van der Waals surface area contributed by atoms with Crippen LogP contribution < -0.4 is 0 Å². The molecule has 5 rings (SSSR count). The average Bonchev–Trinajstić information content (AvgIpc) is 3.43. The molecule has 6 heteroatoms. The largest absolute Gasteiger partial charge is 0.381 e. The summed E-state index contributed by atoms with van der Waals surface area (Å²) in [5, 5.41) is 0. The Morgan fingerprint density at radius 1 is 1.21 bits per heavy atom. The van der Waals surface area contributed by atoms with Gasteiger partial charge in [0.2, 0.25) is 0 Å². The summed E-state index contributed by atoms with van der Waals surface area (Å²) in [6.07, 6.45) is 11.8. The second-order valence-electron chi connectivity index (χ2n) is 9.92. The molecule has 1 aromatic heterocycles. The fraction of sp³-hybridized carbons (Fsp3) is 0.870. The van der Waals surface area contributed by atoms with E-state index in [4.69, 9.17) is 9.47 Å². The Bertz CT molecular complexity index is 658. The first-order valence-electron chi connectivity index (χ1n) is 12.0. The highest BCUT2D eigenvalue weighted by Crippen LogP contribution is 2.44. The van der Waals surface area contributed by atoms with E-state index in [1.165, 1.54) is 57.2 Å². The zero-order chi connectivity index (χ0) is 19.7. The molecule has 4 aliphatic heterocycles. The second-order valence-corrected chi connectivity index (χ2v) is 9.92. The van der Waals surface area contributed by atoms with Gasteiger partial charge in [-0.1, -0.05) is 13.3 Å². The summed E-state index contributed by atoms with van der Waals surface area (Å²) in [6.45, 7) is 9.46. The van der Waals surface area contributed by atoms with Crippen molar-refractivity contribution in [3.8, 4) is 0 Å². The van der Waals surface area contributed by atoms with Gasteiger partial charge < -0.3 is 14.5 Å².